The first kappa shape index (κ1) is 21.2. The summed E-state index contributed by atoms with van der Waals surface area (Å²) in [6.45, 7) is 11.7. The van der Waals surface area contributed by atoms with Crippen LogP contribution in [0.3, 0.4) is 0 Å². The first-order valence-electron chi connectivity index (χ1n) is 9.75. The van der Waals surface area contributed by atoms with Crippen LogP contribution in [0.4, 0.5) is 10.5 Å². The number of hydrogen-bond donors (Lipinski definition) is 1. The number of amides is 1. The standard InChI is InChI=1S/C21H32N2O4/c1-6-23-14-8-9-17(19(24)26-7-2)18(23)15-10-12-16(13-11-15)22-20(25)27-21(3,4)5/h10-13,17-18H,6-9,14H2,1-5H3,(H,22,25)/t17-,18-/m1/s1. The molecule has 6 nitrogen and oxygen atoms in total. The molecule has 1 aromatic rings. The first-order valence-corrected chi connectivity index (χ1v) is 9.75. The van der Waals surface area contributed by atoms with E-state index in [1.165, 1.54) is 0 Å². The minimum absolute atomic E-state index is 0.00150. The minimum Gasteiger partial charge on any atom is -0.466 e. The van der Waals surface area contributed by atoms with Crippen molar-refractivity contribution in [2.75, 3.05) is 25.0 Å². The molecule has 0 aromatic heterocycles. The van der Waals surface area contributed by atoms with E-state index in [0.717, 1.165) is 31.5 Å². The van der Waals surface area contributed by atoms with Crippen LogP contribution in [0.5, 0.6) is 0 Å². The van der Waals surface area contributed by atoms with Crippen molar-refractivity contribution in [2.24, 2.45) is 5.92 Å². The zero-order valence-corrected chi connectivity index (χ0v) is 17.1. The van der Waals surface area contributed by atoms with Gasteiger partial charge in [0.2, 0.25) is 0 Å². The number of carbonyl (C=O) groups is 2. The van der Waals surface area contributed by atoms with Crippen LogP contribution in [-0.2, 0) is 14.3 Å². The molecule has 0 spiro atoms. The maximum atomic E-state index is 12.5. The zero-order chi connectivity index (χ0) is 20.0. The number of carbonyl (C=O) groups excluding carboxylic acids is 2. The number of esters is 1. The van der Waals surface area contributed by atoms with E-state index in [0.29, 0.717) is 12.3 Å². The van der Waals surface area contributed by atoms with E-state index in [1.54, 1.807) is 0 Å². The van der Waals surface area contributed by atoms with Crippen LogP contribution in [0.1, 0.15) is 59.1 Å². The fraction of sp³-hybridized carbons (Fsp3) is 0.619. The van der Waals surface area contributed by atoms with Crippen LogP contribution in [0.25, 0.3) is 0 Å². The number of likely N-dealkylation sites (tertiary alicyclic amines) is 1. The van der Waals surface area contributed by atoms with Crippen molar-refractivity contribution in [3.63, 3.8) is 0 Å². The monoisotopic (exact) mass is 376 g/mol. The lowest BCUT2D eigenvalue weighted by Gasteiger charge is -2.40. The Kier molecular flexibility index (Phi) is 7.25. The highest BCUT2D eigenvalue weighted by Gasteiger charge is 2.37. The molecule has 1 aromatic carbocycles. The number of nitrogens with one attached hydrogen (secondary N) is 1. The van der Waals surface area contributed by atoms with Crippen LogP contribution in [0, 0.1) is 5.92 Å². The number of benzene rings is 1. The van der Waals surface area contributed by atoms with Crippen molar-refractivity contribution < 1.29 is 19.1 Å². The highest BCUT2D eigenvalue weighted by Crippen LogP contribution is 2.37. The topological polar surface area (TPSA) is 67.9 Å². The molecule has 27 heavy (non-hydrogen) atoms. The lowest BCUT2D eigenvalue weighted by atomic mass is 9.84. The van der Waals surface area contributed by atoms with Crippen LogP contribution < -0.4 is 5.32 Å². The molecule has 1 fully saturated rings. The number of nitrogens with zero attached hydrogens (tertiary/aromatic N) is 1. The van der Waals surface area contributed by atoms with Gasteiger partial charge in [-0.2, -0.15) is 0 Å². The van der Waals surface area contributed by atoms with Crippen LogP contribution in [-0.4, -0.2) is 42.3 Å². The van der Waals surface area contributed by atoms with Gasteiger partial charge in [-0.25, -0.2) is 4.79 Å². The second-order valence-electron chi connectivity index (χ2n) is 7.82. The molecule has 6 heteroatoms. The van der Waals surface area contributed by atoms with E-state index in [1.807, 2.05) is 52.0 Å². The zero-order valence-electron chi connectivity index (χ0n) is 17.1. The Morgan fingerprint density at radius 1 is 1.19 bits per heavy atom. The summed E-state index contributed by atoms with van der Waals surface area (Å²) < 4.78 is 10.6. The Morgan fingerprint density at radius 3 is 2.41 bits per heavy atom. The molecule has 1 heterocycles. The molecular weight excluding hydrogens is 344 g/mol. The molecule has 1 saturated heterocycles. The van der Waals surface area contributed by atoms with Gasteiger partial charge in [-0.1, -0.05) is 19.1 Å². The van der Waals surface area contributed by atoms with E-state index >= 15 is 0 Å². The molecule has 2 atom stereocenters. The molecule has 150 valence electrons. The summed E-state index contributed by atoms with van der Waals surface area (Å²) in [7, 11) is 0. The van der Waals surface area contributed by atoms with Gasteiger partial charge in [0, 0.05) is 11.7 Å². The Labute approximate surface area is 162 Å². The summed E-state index contributed by atoms with van der Waals surface area (Å²) >= 11 is 0. The third-order valence-corrected chi connectivity index (χ3v) is 4.63. The smallest absolute Gasteiger partial charge is 0.412 e. The van der Waals surface area contributed by atoms with E-state index < -0.39 is 11.7 Å². The molecule has 0 aliphatic carbocycles. The van der Waals surface area contributed by atoms with E-state index in [-0.39, 0.29) is 17.9 Å². The van der Waals surface area contributed by atoms with Crippen molar-refractivity contribution in [3.05, 3.63) is 29.8 Å². The lowest BCUT2D eigenvalue weighted by Crippen LogP contribution is -2.42. The summed E-state index contributed by atoms with van der Waals surface area (Å²) in [5.74, 6) is -0.292. The fourth-order valence-corrected chi connectivity index (χ4v) is 3.54. The molecule has 1 aliphatic heterocycles. The molecule has 0 saturated carbocycles. The molecule has 1 aliphatic rings. The predicted molar refractivity (Wildman–Crippen MR) is 106 cm³/mol. The van der Waals surface area contributed by atoms with Gasteiger partial charge in [-0.3, -0.25) is 15.0 Å². The van der Waals surface area contributed by atoms with Crippen molar-refractivity contribution in [2.45, 2.75) is 59.1 Å². The first-order chi connectivity index (χ1) is 12.7. The number of piperidine rings is 1. The molecule has 2 rings (SSSR count). The van der Waals surface area contributed by atoms with Gasteiger partial charge in [0.05, 0.1) is 12.5 Å². The van der Waals surface area contributed by atoms with E-state index in [2.05, 4.69) is 17.1 Å². The van der Waals surface area contributed by atoms with Crippen molar-refractivity contribution in [1.82, 2.24) is 4.90 Å². The minimum atomic E-state index is -0.541. The largest absolute Gasteiger partial charge is 0.466 e. The van der Waals surface area contributed by atoms with Gasteiger partial charge in [0.15, 0.2) is 0 Å². The maximum absolute atomic E-state index is 12.5. The van der Waals surface area contributed by atoms with Crippen molar-refractivity contribution >= 4 is 17.7 Å². The van der Waals surface area contributed by atoms with Gasteiger partial charge in [-0.15, -0.1) is 0 Å². The third kappa shape index (κ3) is 5.96. The highest BCUT2D eigenvalue weighted by atomic mass is 16.6. The van der Waals surface area contributed by atoms with Crippen LogP contribution >= 0.6 is 0 Å². The Hall–Kier alpha value is -2.08. The molecule has 0 unspecified atom stereocenters. The Balaban J connectivity index is 2.16. The van der Waals surface area contributed by atoms with E-state index in [4.69, 9.17) is 9.47 Å². The summed E-state index contributed by atoms with van der Waals surface area (Å²) in [5.41, 5.74) is 1.18. The maximum Gasteiger partial charge on any atom is 0.412 e. The molecule has 1 amide bonds. The average Bonchev–Trinajstić information content (AvgIpc) is 2.60. The van der Waals surface area contributed by atoms with Crippen molar-refractivity contribution in [3.8, 4) is 0 Å². The summed E-state index contributed by atoms with van der Waals surface area (Å²) in [5, 5.41) is 2.74. The summed E-state index contributed by atoms with van der Waals surface area (Å²) in [6, 6.07) is 7.64. The Bertz CT molecular complexity index is 637. The van der Waals surface area contributed by atoms with Crippen LogP contribution in [0.15, 0.2) is 24.3 Å². The number of hydrogen-bond acceptors (Lipinski definition) is 5. The van der Waals surface area contributed by atoms with Gasteiger partial charge >= 0.3 is 12.1 Å². The fourth-order valence-electron chi connectivity index (χ4n) is 3.54. The number of rotatable bonds is 5. The van der Waals surface area contributed by atoms with Gasteiger partial charge in [-0.05, 0) is 71.3 Å². The normalized spacial score (nSPS) is 20.8. The van der Waals surface area contributed by atoms with Gasteiger partial charge in [0.1, 0.15) is 5.60 Å². The second-order valence-corrected chi connectivity index (χ2v) is 7.82. The summed E-state index contributed by atoms with van der Waals surface area (Å²) in [4.78, 5) is 26.7. The SMILES string of the molecule is CCOC(=O)[C@@H]1CCCN(CC)[C@@H]1c1ccc(NC(=O)OC(C)(C)C)cc1. The van der Waals surface area contributed by atoms with Gasteiger partial charge < -0.3 is 9.47 Å². The quantitative estimate of drug-likeness (QED) is 0.773. The Morgan fingerprint density at radius 2 is 1.85 bits per heavy atom. The molecule has 0 bridgehead atoms. The predicted octanol–water partition coefficient (Wildman–Crippen LogP) is 4.37. The highest BCUT2D eigenvalue weighted by molar-refractivity contribution is 5.84. The number of anilines is 1. The molecular formula is C21H32N2O4. The lowest BCUT2D eigenvalue weighted by molar-refractivity contribution is -0.152. The third-order valence-electron chi connectivity index (χ3n) is 4.63. The van der Waals surface area contributed by atoms with Crippen molar-refractivity contribution in [1.29, 1.82) is 0 Å². The summed E-state index contributed by atoms with van der Waals surface area (Å²) in [6.07, 6.45) is 1.34. The number of ether oxygens (including phenoxy) is 2. The molecule has 1 N–H and O–H groups in total. The molecule has 0 radical (unpaired) electrons. The van der Waals surface area contributed by atoms with E-state index in [9.17, 15) is 9.59 Å². The average molecular weight is 376 g/mol. The van der Waals surface area contributed by atoms with Gasteiger partial charge in [0.25, 0.3) is 0 Å². The van der Waals surface area contributed by atoms with Crippen LogP contribution in [0.2, 0.25) is 0 Å². The second kappa shape index (κ2) is 9.22.